The van der Waals surface area contributed by atoms with Gasteiger partial charge in [0, 0.05) is 6.07 Å². The number of benzene rings is 2. The first kappa shape index (κ1) is 11.3. The Hall–Kier alpha value is -2.16. The standard InChI is InChI=1S/C14H13NO2/c1-11(12-6-3-2-4-7-12)17-14-9-5-8-13(10-14)15-16/h2-11H,1H3. The Morgan fingerprint density at radius 3 is 2.53 bits per heavy atom. The molecule has 0 heterocycles. The topological polar surface area (TPSA) is 38.7 Å². The fourth-order valence-electron chi connectivity index (χ4n) is 1.61. The van der Waals surface area contributed by atoms with E-state index in [9.17, 15) is 4.91 Å². The molecule has 0 saturated carbocycles. The van der Waals surface area contributed by atoms with Crippen LogP contribution in [0.1, 0.15) is 18.6 Å². The molecule has 2 aromatic carbocycles. The second kappa shape index (κ2) is 5.25. The lowest BCUT2D eigenvalue weighted by Crippen LogP contribution is -2.02. The average molecular weight is 227 g/mol. The minimum atomic E-state index is -0.0573. The summed E-state index contributed by atoms with van der Waals surface area (Å²) in [5.74, 6) is 0.651. The lowest BCUT2D eigenvalue weighted by Gasteiger charge is -2.14. The highest BCUT2D eigenvalue weighted by atomic mass is 16.5. The summed E-state index contributed by atoms with van der Waals surface area (Å²) in [6.07, 6.45) is -0.0573. The van der Waals surface area contributed by atoms with Gasteiger partial charge in [-0.3, -0.25) is 0 Å². The van der Waals surface area contributed by atoms with Crippen LogP contribution in [0.15, 0.2) is 59.8 Å². The SMILES string of the molecule is CC(Oc1cccc(N=O)c1)c1ccccc1. The molecule has 0 aliphatic carbocycles. The number of rotatable bonds is 4. The molecule has 0 N–H and O–H groups in total. The zero-order valence-corrected chi connectivity index (χ0v) is 9.54. The summed E-state index contributed by atoms with van der Waals surface area (Å²) in [5.41, 5.74) is 1.47. The van der Waals surface area contributed by atoms with Crippen molar-refractivity contribution in [3.05, 3.63) is 65.1 Å². The van der Waals surface area contributed by atoms with Crippen molar-refractivity contribution in [3.63, 3.8) is 0 Å². The van der Waals surface area contributed by atoms with E-state index in [-0.39, 0.29) is 6.10 Å². The molecule has 0 aliphatic rings. The van der Waals surface area contributed by atoms with E-state index in [0.717, 1.165) is 5.56 Å². The van der Waals surface area contributed by atoms with Gasteiger partial charge in [0.25, 0.3) is 0 Å². The molecule has 17 heavy (non-hydrogen) atoms. The van der Waals surface area contributed by atoms with Crippen LogP contribution in [0.5, 0.6) is 5.75 Å². The van der Waals surface area contributed by atoms with E-state index < -0.39 is 0 Å². The van der Waals surface area contributed by atoms with E-state index in [1.807, 2.05) is 43.3 Å². The van der Waals surface area contributed by atoms with E-state index in [2.05, 4.69) is 5.18 Å². The number of hydrogen-bond acceptors (Lipinski definition) is 3. The Balaban J connectivity index is 2.13. The highest BCUT2D eigenvalue weighted by molar-refractivity contribution is 5.43. The summed E-state index contributed by atoms with van der Waals surface area (Å²) < 4.78 is 5.74. The molecule has 3 nitrogen and oxygen atoms in total. The zero-order valence-electron chi connectivity index (χ0n) is 9.54. The molecule has 0 spiro atoms. The highest BCUT2D eigenvalue weighted by Gasteiger charge is 2.06. The Labute approximate surface area is 100 Å². The molecule has 0 aliphatic heterocycles. The predicted molar refractivity (Wildman–Crippen MR) is 67.4 cm³/mol. The number of hydrogen-bond donors (Lipinski definition) is 0. The summed E-state index contributed by atoms with van der Waals surface area (Å²) >= 11 is 0. The second-order valence-electron chi connectivity index (χ2n) is 3.76. The van der Waals surface area contributed by atoms with E-state index in [1.165, 1.54) is 0 Å². The molecule has 86 valence electrons. The Morgan fingerprint density at radius 2 is 1.82 bits per heavy atom. The first-order valence-corrected chi connectivity index (χ1v) is 5.44. The van der Waals surface area contributed by atoms with Gasteiger partial charge in [-0.05, 0) is 29.8 Å². The van der Waals surface area contributed by atoms with E-state index in [1.54, 1.807) is 18.2 Å². The second-order valence-corrected chi connectivity index (χ2v) is 3.76. The minimum absolute atomic E-state index is 0.0573. The van der Waals surface area contributed by atoms with Gasteiger partial charge in [-0.15, -0.1) is 4.91 Å². The molecule has 0 radical (unpaired) electrons. The summed E-state index contributed by atoms with van der Waals surface area (Å²) in [5, 5.41) is 2.88. The number of ether oxygens (including phenoxy) is 1. The first-order valence-electron chi connectivity index (χ1n) is 5.44. The van der Waals surface area contributed by atoms with Gasteiger partial charge in [-0.25, -0.2) is 0 Å². The minimum Gasteiger partial charge on any atom is -0.486 e. The van der Waals surface area contributed by atoms with Crippen LogP contribution in [0.2, 0.25) is 0 Å². The van der Waals surface area contributed by atoms with Crippen molar-refractivity contribution in [1.29, 1.82) is 0 Å². The van der Waals surface area contributed by atoms with Gasteiger partial charge in [0.2, 0.25) is 0 Å². The third kappa shape index (κ3) is 2.91. The monoisotopic (exact) mass is 227 g/mol. The molecule has 1 atom stereocenters. The highest BCUT2D eigenvalue weighted by Crippen LogP contribution is 2.25. The lowest BCUT2D eigenvalue weighted by atomic mass is 10.1. The van der Waals surface area contributed by atoms with Crippen LogP contribution in [-0.4, -0.2) is 0 Å². The van der Waals surface area contributed by atoms with Crippen LogP contribution in [0.3, 0.4) is 0 Å². The third-order valence-electron chi connectivity index (χ3n) is 2.50. The van der Waals surface area contributed by atoms with Crippen LogP contribution in [-0.2, 0) is 0 Å². The van der Waals surface area contributed by atoms with Crippen molar-refractivity contribution in [2.24, 2.45) is 5.18 Å². The van der Waals surface area contributed by atoms with Crippen molar-refractivity contribution in [1.82, 2.24) is 0 Å². The normalized spacial score (nSPS) is 11.8. The van der Waals surface area contributed by atoms with Crippen LogP contribution in [0, 0.1) is 4.91 Å². The lowest BCUT2D eigenvalue weighted by molar-refractivity contribution is 0.227. The van der Waals surface area contributed by atoms with Crippen molar-refractivity contribution in [2.45, 2.75) is 13.0 Å². The summed E-state index contributed by atoms with van der Waals surface area (Å²) in [6.45, 7) is 1.97. The predicted octanol–water partition coefficient (Wildman–Crippen LogP) is 4.22. The number of nitrogens with zero attached hydrogens (tertiary/aromatic N) is 1. The summed E-state index contributed by atoms with van der Waals surface area (Å²) in [4.78, 5) is 10.4. The van der Waals surface area contributed by atoms with Gasteiger partial charge in [-0.1, -0.05) is 36.4 Å². The first-order chi connectivity index (χ1) is 8.29. The summed E-state index contributed by atoms with van der Waals surface area (Å²) in [7, 11) is 0. The Morgan fingerprint density at radius 1 is 1.06 bits per heavy atom. The quantitative estimate of drug-likeness (QED) is 0.733. The smallest absolute Gasteiger partial charge is 0.122 e. The van der Waals surface area contributed by atoms with Crippen molar-refractivity contribution in [2.75, 3.05) is 0 Å². The molecular weight excluding hydrogens is 214 g/mol. The summed E-state index contributed by atoms with van der Waals surface area (Å²) in [6, 6.07) is 16.8. The molecule has 2 rings (SSSR count). The molecule has 1 unspecified atom stereocenters. The van der Waals surface area contributed by atoms with Crippen LogP contribution < -0.4 is 4.74 Å². The van der Waals surface area contributed by atoms with E-state index >= 15 is 0 Å². The fourth-order valence-corrected chi connectivity index (χ4v) is 1.61. The molecule has 2 aromatic rings. The van der Waals surface area contributed by atoms with E-state index in [4.69, 9.17) is 4.74 Å². The van der Waals surface area contributed by atoms with Gasteiger partial charge in [0.15, 0.2) is 0 Å². The maximum absolute atomic E-state index is 10.4. The van der Waals surface area contributed by atoms with Gasteiger partial charge in [-0.2, -0.15) is 0 Å². The molecule has 0 saturated heterocycles. The van der Waals surface area contributed by atoms with Gasteiger partial charge >= 0.3 is 0 Å². The largest absolute Gasteiger partial charge is 0.486 e. The average Bonchev–Trinajstić information content (AvgIpc) is 2.40. The molecule has 0 amide bonds. The molecule has 0 aromatic heterocycles. The maximum atomic E-state index is 10.4. The van der Waals surface area contributed by atoms with Crippen molar-refractivity contribution >= 4 is 5.69 Å². The van der Waals surface area contributed by atoms with Crippen LogP contribution in [0.25, 0.3) is 0 Å². The molecule has 0 fully saturated rings. The van der Waals surface area contributed by atoms with E-state index in [0.29, 0.717) is 11.4 Å². The number of nitroso groups, excluding NO2 is 1. The Bertz CT molecular complexity index is 497. The Kier molecular flexibility index (Phi) is 3.50. The van der Waals surface area contributed by atoms with Crippen LogP contribution in [0.4, 0.5) is 5.69 Å². The van der Waals surface area contributed by atoms with Crippen molar-refractivity contribution < 1.29 is 4.74 Å². The van der Waals surface area contributed by atoms with Crippen LogP contribution >= 0.6 is 0 Å². The van der Waals surface area contributed by atoms with Gasteiger partial charge in [0.1, 0.15) is 17.5 Å². The molecule has 3 heteroatoms. The molecular formula is C14H13NO2. The zero-order chi connectivity index (χ0) is 12.1. The van der Waals surface area contributed by atoms with Crippen molar-refractivity contribution in [3.8, 4) is 5.75 Å². The van der Waals surface area contributed by atoms with Gasteiger partial charge < -0.3 is 4.74 Å². The van der Waals surface area contributed by atoms with Gasteiger partial charge in [0.05, 0.1) is 0 Å². The fraction of sp³-hybridized carbons (Fsp3) is 0.143. The maximum Gasteiger partial charge on any atom is 0.122 e. The molecule has 0 bridgehead atoms. The third-order valence-corrected chi connectivity index (χ3v) is 2.50.